The lowest BCUT2D eigenvalue weighted by Crippen LogP contribution is -2.41. The van der Waals surface area contributed by atoms with Crippen molar-refractivity contribution in [2.24, 2.45) is 0 Å². The molecule has 0 unspecified atom stereocenters. The smallest absolute Gasteiger partial charge is 0.0949 e. The number of hydrogen-bond donors (Lipinski definition) is 0. The van der Waals surface area contributed by atoms with Gasteiger partial charge >= 0.3 is 0 Å². The SMILES string of the molecule is c1ccc2c(c1)C1c3ccccc3C2[C@@H](n2ccnc2)[C@@H]1n1ccnc1. The Balaban J connectivity index is 1.69. The van der Waals surface area contributed by atoms with E-state index >= 15 is 0 Å². The highest BCUT2D eigenvalue weighted by molar-refractivity contribution is 5.57. The van der Waals surface area contributed by atoms with Gasteiger partial charge < -0.3 is 9.13 Å². The van der Waals surface area contributed by atoms with Gasteiger partial charge in [-0.2, -0.15) is 0 Å². The van der Waals surface area contributed by atoms with Crippen molar-refractivity contribution in [3.8, 4) is 0 Å². The molecule has 0 saturated heterocycles. The van der Waals surface area contributed by atoms with Gasteiger partial charge in [0.2, 0.25) is 0 Å². The van der Waals surface area contributed by atoms with Crippen LogP contribution in [0.1, 0.15) is 46.2 Å². The third-order valence-corrected chi connectivity index (χ3v) is 6.10. The van der Waals surface area contributed by atoms with E-state index in [-0.39, 0.29) is 12.1 Å². The average Bonchev–Trinajstić information content (AvgIpc) is 3.41. The Morgan fingerprint density at radius 2 is 0.962 bits per heavy atom. The lowest BCUT2D eigenvalue weighted by molar-refractivity contribution is 0.233. The first-order valence-electron chi connectivity index (χ1n) is 9.06. The normalized spacial score (nSPS) is 25.7. The van der Waals surface area contributed by atoms with Gasteiger partial charge in [0.1, 0.15) is 0 Å². The Labute approximate surface area is 151 Å². The van der Waals surface area contributed by atoms with Crippen LogP contribution in [-0.4, -0.2) is 19.1 Å². The molecule has 0 spiro atoms. The Morgan fingerprint density at radius 1 is 0.577 bits per heavy atom. The van der Waals surface area contributed by atoms with Crippen LogP contribution in [0.5, 0.6) is 0 Å². The molecule has 0 amide bonds. The largest absolute Gasteiger partial charge is 0.331 e. The molecule has 4 nitrogen and oxygen atoms in total. The monoisotopic (exact) mass is 338 g/mol. The summed E-state index contributed by atoms with van der Waals surface area (Å²) in [4.78, 5) is 8.69. The van der Waals surface area contributed by atoms with Crippen molar-refractivity contribution in [1.29, 1.82) is 0 Å². The van der Waals surface area contributed by atoms with Crippen molar-refractivity contribution < 1.29 is 0 Å². The summed E-state index contributed by atoms with van der Waals surface area (Å²) in [5, 5.41) is 0. The first kappa shape index (κ1) is 14.1. The fourth-order valence-corrected chi connectivity index (χ4v) is 5.21. The lowest BCUT2D eigenvalue weighted by atomic mass is 9.59. The number of benzene rings is 2. The van der Waals surface area contributed by atoms with Gasteiger partial charge in [-0.15, -0.1) is 0 Å². The summed E-state index contributed by atoms with van der Waals surface area (Å²) in [6.45, 7) is 0. The van der Waals surface area contributed by atoms with Crippen LogP contribution < -0.4 is 0 Å². The maximum Gasteiger partial charge on any atom is 0.0949 e. The van der Waals surface area contributed by atoms with Crippen LogP contribution in [0.15, 0.2) is 86.0 Å². The van der Waals surface area contributed by atoms with E-state index < -0.39 is 0 Å². The lowest BCUT2D eigenvalue weighted by Gasteiger charge is -2.51. The summed E-state index contributed by atoms with van der Waals surface area (Å²) < 4.78 is 4.57. The minimum atomic E-state index is 0.279. The summed E-state index contributed by atoms with van der Waals surface area (Å²) >= 11 is 0. The minimum absolute atomic E-state index is 0.279. The van der Waals surface area contributed by atoms with E-state index in [4.69, 9.17) is 0 Å². The van der Waals surface area contributed by atoms with E-state index in [1.54, 1.807) is 0 Å². The third kappa shape index (κ3) is 1.74. The summed E-state index contributed by atoms with van der Waals surface area (Å²) in [6.07, 6.45) is 11.9. The van der Waals surface area contributed by atoms with Gasteiger partial charge in [-0.1, -0.05) is 48.5 Å². The second kappa shape index (κ2) is 5.18. The average molecular weight is 338 g/mol. The van der Waals surface area contributed by atoms with Crippen LogP contribution in [0.4, 0.5) is 0 Å². The molecular weight excluding hydrogens is 320 g/mol. The zero-order valence-corrected chi connectivity index (χ0v) is 14.2. The van der Waals surface area contributed by atoms with E-state index in [2.05, 4.69) is 80.0 Å². The van der Waals surface area contributed by atoms with Crippen molar-refractivity contribution in [2.45, 2.75) is 23.9 Å². The van der Waals surface area contributed by atoms with Crippen LogP contribution in [0, 0.1) is 0 Å². The maximum atomic E-state index is 4.35. The quantitative estimate of drug-likeness (QED) is 0.550. The highest BCUT2D eigenvalue weighted by atomic mass is 15.2. The Kier molecular flexibility index (Phi) is 2.80. The molecule has 2 bridgehead atoms. The van der Waals surface area contributed by atoms with Crippen LogP contribution in [0.25, 0.3) is 0 Å². The standard InChI is InChI=1S/C22H18N4/c1-2-6-16-15(5-1)19-17-7-3-4-8-18(17)20(16)22(26-12-10-24-14-26)21(19)25-11-9-23-13-25/h1-14,19-22H/t19?,20?,21-,22-/m1/s1. The third-order valence-electron chi connectivity index (χ3n) is 6.10. The van der Waals surface area contributed by atoms with Crippen molar-refractivity contribution in [3.05, 3.63) is 108 Å². The Morgan fingerprint density at radius 3 is 1.27 bits per heavy atom. The van der Waals surface area contributed by atoms with Gasteiger partial charge in [0.15, 0.2) is 0 Å². The molecule has 26 heavy (non-hydrogen) atoms. The van der Waals surface area contributed by atoms with Crippen molar-refractivity contribution in [2.75, 3.05) is 0 Å². The topological polar surface area (TPSA) is 35.6 Å². The van der Waals surface area contributed by atoms with Crippen LogP contribution in [0.3, 0.4) is 0 Å². The summed E-state index contributed by atoms with van der Waals surface area (Å²) in [6, 6.07) is 18.4. The van der Waals surface area contributed by atoms with E-state index in [0.29, 0.717) is 11.8 Å². The summed E-state index contributed by atoms with van der Waals surface area (Å²) in [7, 11) is 0. The number of nitrogens with zero attached hydrogens (tertiary/aromatic N) is 4. The summed E-state index contributed by atoms with van der Waals surface area (Å²) in [5.74, 6) is 0.628. The summed E-state index contributed by atoms with van der Waals surface area (Å²) in [5.41, 5.74) is 5.80. The number of rotatable bonds is 2. The molecule has 2 heterocycles. The van der Waals surface area contributed by atoms with Crippen molar-refractivity contribution >= 4 is 0 Å². The molecule has 4 heteroatoms. The number of fused-ring (bicyclic) bond motifs is 1. The number of imidazole rings is 2. The van der Waals surface area contributed by atoms with Gasteiger partial charge in [-0.25, -0.2) is 9.97 Å². The molecular formula is C22H18N4. The number of hydrogen-bond acceptors (Lipinski definition) is 2. The predicted octanol–water partition coefficient (Wildman–Crippen LogP) is 4.15. The molecule has 4 aromatic rings. The molecule has 0 radical (unpaired) electrons. The Bertz CT molecular complexity index is 931. The highest BCUT2D eigenvalue weighted by Gasteiger charge is 2.50. The minimum Gasteiger partial charge on any atom is -0.331 e. The molecule has 0 N–H and O–H groups in total. The molecule has 3 aliphatic rings. The fraction of sp³-hybridized carbons (Fsp3) is 0.182. The molecule has 7 rings (SSSR count). The van der Waals surface area contributed by atoms with E-state index in [9.17, 15) is 0 Å². The van der Waals surface area contributed by atoms with Crippen molar-refractivity contribution in [1.82, 2.24) is 19.1 Å². The first-order chi connectivity index (χ1) is 12.9. The zero-order chi connectivity index (χ0) is 17.1. The van der Waals surface area contributed by atoms with E-state index in [1.807, 2.05) is 25.0 Å². The fourth-order valence-electron chi connectivity index (χ4n) is 5.21. The predicted molar refractivity (Wildman–Crippen MR) is 99.1 cm³/mol. The zero-order valence-electron chi connectivity index (χ0n) is 14.2. The van der Waals surface area contributed by atoms with Crippen molar-refractivity contribution in [3.63, 3.8) is 0 Å². The van der Waals surface area contributed by atoms with Gasteiger partial charge in [-0.3, -0.25) is 0 Å². The highest BCUT2D eigenvalue weighted by Crippen LogP contribution is 2.61. The first-order valence-corrected chi connectivity index (χ1v) is 9.06. The molecule has 0 saturated carbocycles. The molecule has 2 aromatic heterocycles. The van der Waals surface area contributed by atoms with Crippen LogP contribution in [0.2, 0.25) is 0 Å². The molecule has 126 valence electrons. The van der Waals surface area contributed by atoms with Gasteiger partial charge in [0.25, 0.3) is 0 Å². The van der Waals surface area contributed by atoms with E-state index in [1.165, 1.54) is 22.3 Å². The Hall–Kier alpha value is -3.14. The van der Waals surface area contributed by atoms with E-state index in [0.717, 1.165) is 0 Å². The number of aromatic nitrogens is 4. The molecule has 2 atom stereocenters. The maximum absolute atomic E-state index is 4.35. The molecule has 2 aromatic carbocycles. The second-order valence-corrected chi connectivity index (χ2v) is 7.21. The molecule has 0 fully saturated rings. The van der Waals surface area contributed by atoms with Gasteiger partial charge in [0.05, 0.1) is 24.7 Å². The second-order valence-electron chi connectivity index (χ2n) is 7.21. The molecule has 3 aliphatic carbocycles. The molecule has 0 aliphatic heterocycles. The van der Waals surface area contributed by atoms with Gasteiger partial charge in [0, 0.05) is 36.6 Å². The van der Waals surface area contributed by atoms with Gasteiger partial charge in [-0.05, 0) is 22.3 Å². The van der Waals surface area contributed by atoms with Crippen LogP contribution >= 0.6 is 0 Å². The van der Waals surface area contributed by atoms with Crippen LogP contribution in [-0.2, 0) is 0 Å².